The Bertz CT molecular complexity index is 302. The van der Waals surface area contributed by atoms with Crippen molar-refractivity contribution in [1.82, 2.24) is 0 Å². The normalized spacial score (nSPS) is 23.4. The molecule has 0 saturated heterocycles. The Hall–Kier alpha value is -1.38. The number of rotatable bonds is 3. The topological polar surface area (TPSA) is 37.3 Å². The molecule has 0 spiro atoms. The zero-order valence-electron chi connectivity index (χ0n) is 7.98. The van der Waals surface area contributed by atoms with Gasteiger partial charge in [0.2, 0.25) is 0 Å². The monoisotopic (exact) mass is 196 g/mol. The first kappa shape index (κ1) is 10.7. The Morgan fingerprint density at radius 3 is 3.00 bits per heavy atom. The van der Waals surface area contributed by atoms with E-state index in [0.717, 1.165) is 0 Å². The van der Waals surface area contributed by atoms with Gasteiger partial charge in [-0.2, -0.15) is 0 Å². The molecule has 0 bridgehead atoms. The van der Waals surface area contributed by atoms with E-state index in [1.165, 1.54) is 12.2 Å². The van der Waals surface area contributed by atoms with Crippen LogP contribution in [0.5, 0.6) is 0 Å². The highest BCUT2D eigenvalue weighted by atomic mass is 19.1. The van der Waals surface area contributed by atoms with Crippen LogP contribution in [0.1, 0.15) is 13.3 Å². The van der Waals surface area contributed by atoms with Crippen molar-refractivity contribution in [3.63, 3.8) is 0 Å². The minimum Gasteiger partial charge on any atom is -0.511 e. The molecule has 2 unspecified atom stereocenters. The lowest BCUT2D eigenvalue weighted by Crippen LogP contribution is -2.04. The molecule has 0 heterocycles. The maximum absolute atomic E-state index is 13.3. The van der Waals surface area contributed by atoms with Crippen LogP contribution in [0, 0.1) is 5.92 Å². The fourth-order valence-electron chi connectivity index (χ4n) is 1.25. The summed E-state index contributed by atoms with van der Waals surface area (Å²) >= 11 is 0. The van der Waals surface area contributed by atoms with Crippen molar-refractivity contribution in [2.45, 2.75) is 19.5 Å². The summed E-state index contributed by atoms with van der Waals surface area (Å²) in [4.78, 5) is 10.5. The molecule has 0 aromatic carbocycles. The summed E-state index contributed by atoms with van der Waals surface area (Å²) in [5.74, 6) is -0.746. The first-order valence-corrected chi connectivity index (χ1v) is 4.57. The summed E-state index contributed by atoms with van der Waals surface area (Å²) in [7, 11) is 0. The van der Waals surface area contributed by atoms with Crippen molar-refractivity contribution in [2.75, 3.05) is 0 Å². The number of hydrogen-bond donors (Lipinski definition) is 1. The second-order valence-corrected chi connectivity index (χ2v) is 3.16. The van der Waals surface area contributed by atoms with Gasteiger partial charge in [0, 0.05) is 0 Å². The number of aliphatic hydroxyl groups is 1. The van der Waals surface area contributed by atoms with Gasteiger partial charge in [-0.05, 0) is 18.1 Å². The maximum atomic E-state index is 13.3. The van der Waals surface area contributed by atoms with E-state index in [4.69, 9.17) is 0 Å². The third-order valence-corrected chi connectivity index (χ3v) is 2.13. The summed E-state index contributed by atoms with van der Waals surface area (Å²) in [6.45, 7) is 1.72. The van der Waals surface area contributed by atoms with Crippen molar-refractivity contribution < 1.29 is 14.3 Å². The smallest absolute Gasteiger partial charge is 0.134 e. The van der Waals surface area contributed by atoms with Crippen LogP contribution in [0.15, 0.2) is 35.6 Å². The molecule has 1 N–H and O–H groups in total. The molecule has 1 rings (SSSR count). The van der Waals surface area contributed by atoms with E-state index >= 15 is 0 Å². The molecular weight excluding hydrogens is 183 g/mol. The molecule has 2 atom stereocenters. The van der Waals surface area contributed by atoms with Gasteiger partial charge in [-0.25, -0.2) is 4.39 Å². The summed E-state index contributed by atoms with van der Waals surface area (Å²) in [6.07, 6.45) is 5.92. The number of halogens is 1. The SMILES string of the molecule is CCC(F)C1=CC=CC(C=O)C(O)=C1. The van der Waals surface area contributed by atoms with Gasteiger partial charge < -0.3 is 9.90 Å². The summed E-state index contributed by atoms with van der Waals surface area (Å²) < 4.78 is 13.3. The molecule has 1 aliphatic rings. The molecule has 0 fully saturated rings. The van der Waals surface area contributed by atoms with Gasteiger partial charge in [0.15, 0.2) is 0 Å². The lowest BCUT2D eigenvalue weighted by Gasteiger charge is -2.06. The average molecular weight is 196 g/mol. The van der Waals surface area contributed by atoms with Crippen molar-refractivity contribution >= 4 is 6.29 Å². The fourth-order valence-corrected chi connectivity index (χ4v) is 1.25. The Morgan fingerprint density at radius 2 is 2.43 bits per heavy atom. The maximum Gasteiger partial charge on any atom is 0.134 e. The van der Waals surface area contributed by atoms with E-state index < -0.39 is 12.1 Å². The van der Waals surface area contributed by atoms with Gasteiger partial charge in [0.25, 0.3) is 0 Å². The van der Waals surface area contributed by atoms with Crippen LogP contribution in [0.2, 0.25) is 0 Å². The van der Waals surface area contributed by atoms with E-state index in [-0.39, 0.29) is 5.76 Å². The van der Waals surface area contributed by atoms with Crippen molar-refractivity contribution in [3.05, 3.63) is 35.6 Å². The van der Waals surface area contributed by atoms with Crippen LogP contribution in [0.25, 0.3) is 0 Å². The molecular formula is C11H13FO2. The standard InChI is InChI=1S/C11H13FO2/c1-2-10(12)8-4-3-5-9(7-13)11(14)6-8/h3-7,9-10,14H,2H2,1H3. The summed E-state index contributed by atoms with van der Waals surface area (Å²) in [5.41, 5.74) is 0.408. The van der Waals surface area contributed by atoms with E-state index in [0.29, 0.717) is 18.3 Å². The van der Waals surface area contributed by atoms with Crippen LogP contribution >= 0.6 is 0 Å². The zero-order valence-corrected chi connectivity index (χ0v) is 7.98. The third-order valence-electron chi connectivity index (χ3n) is 2.13. The second kappa shape index (κ2) is 4.74. The molecule has 0 amide bonds. The highest BCUT2D eigenvalue weighted by Crippen LogP contribution is 2.20. The molecule has 3 heteroatoms. The summed E-state index contributed by atoms with van der Waals surface area (Å²) in [6, 6.07) is 0. The molecule has 2 nitrogen and oxygen atoms in total. The minimum atomic E-state index is -1.09. The van der Waals surface area contributed by atoms with Gasteiger partial charge in [-0.1, -0.05) is 25.2 Å². The molecule has 14 heavy (non-hydrogen) atoms. The van der Waals surface area contributed by atoms with E-state index in [9.17, 15) is 14.3 Å². The average Bonchev–Trinajstić information content (AvgIpc) is 2.38. The van der Waals surface area contributed by atoms with Gasteiger partial charge in [0.1, 0.15) is 18.2 Å². The van der Waals surface area contributed by atoms with Crippen LogP contribution in [0.4, 0.5) is 4.39 Å². The molecule has 0 aromatic rings. The molecule has 0 aromatic heterocycles. The highest BCUT2D eigenvalue weighted by molar-refractivity contribution is 5.62. The van der Waals surface area contributed by atoms with E-state index in [1.807, 2.05) is 0 Å². The van der Waals surface area contributed by atoms with E-state index in [2.05, 4.69) is 0 Å². The van der Waals surface area contributed by atoms with Gasteiger partial charge >= 0.3 is 0 Å². The number of carbonyl (C=O) groups excluding carboxylic acids is 1. The molecule has 0 radical (unpaired) electrons. The predicted octanol–water partition coefficient (Wildman–Crippen LogP) is 2.49. The lowest BCUT2D eigenvalue weighted by atomic mass is 10.1. The van der Waals surface area contributed by atoms with Crippen LogP contribution in [-0.4, -0.2) is 17.6 Å². The fraction of sp³-hybridized carbons (Fsp3) is 0.364. The predicted molar refractivity (Wildman–Crippen MR) is 52.7 cm³/mol. The minimum absolute atomic E-state index is 0.101. The van der Waals surface area contributed by atoms with Crippen LogP contribution < -0.4 is 0 Å². The van der Waals surface area contributed by atoms with Gasteiger partial charge in [0.05, 0.1) is 5.92 Å². The van der Waals surface area contributed by atoms with Crippen molar-refractivity contribution in [3.8, 4) is 0 Å². The molecule has 76 valence electrons. The quantitative estimate of drug-likeness (QED) is 0.704. The number of carbonyl (C=O) groups is 1. The molecule has 0 aliphatic heterocycles. The summed E-state index contributed by atoms with van der Waals surface area (Å²) in [5, 5.41) is 9.43. The Labute approximate surface area is 82.4 Å². The van der Waals surface area contributed by atoms with E-state index in [1.54, 1.807) is 19.1 Å². The molecule has 0 saturated carbocycles. The van der Waals surface area contributed by atoms with Crippen LogP contribution in [-0.2, 0) is 4.79 Å². The number of alkyl halides is 1. The van der Waals surface area contributed by atoms with Gasteiger partial charge in [-0.3, -0.25) is 0 Å². The first-order valence-electron chi connectivity index (χ1n) is 4.57. The number of allylic oxidation sites excluding steroid dienone is 5. The number of aliphatic hydroxyl groups excluding tert-OH is 1. The van der Waals surface area contributed by atoms with Crippen LogP contribution in [0.3, 0.4) is 0 Å². The lowest BCUT2D eigenvalue weighted by molar-refractivity contribution is -0.109. The Morgan fingerprint density at radius 1 is 1.71 bits per heavy atom. The largest absolute Gasteiger partial charge is 0.511 e. The zero-order chi connectivity index (χ0) is 10.6. The van der Waals surface area contributed by atoms with Crippen molar-refractivity contribution in [2.24, 2.45) is 5.92 Å². The Balaban J connectivity index is 2.92. The van der Waals surface area contributed by atoms with Gasteiger partial charge in [-0.15, -0.1) is 0 Å². The molecule has 1 aliphatic carbocycles. The Kier molecular flexibility index (Phi) is 3.63. The van der Waals surface area contributed by atoms with Crippen molar-refractivity contribution in [1.29, 1.82) is 0 Å². The third kappa shape index (κ3) is 2.31. The first-order chi connectivity index (χ1) is 6.69. The highest BCUT2D eigenvalue weighted by Gasteiger charge is 2.15. The number of hydrogen-bond acceptors (Lipinski definition) is 2. The number of aldehydes is 1. The second-order valence-electron chi connectivity index (χ2n) is 3.16.